The molecular weight excluding hydrogens is 214 g/mol. The Bertz CT molecular complexity index is 346. The van der Waals surface area contributed by atoms with Crippen molar-refractivity contribution in [2.24, 2.45) is 0 Å². The SMILES string of the molecule is C=CC#N.C=CC=CCC(=C)C(=O)OCC=C. The number of ether oxygens (including phenoxy) is 1. The summed E-state index contributed by atoms with van der Waals surface area (Å²) in [6.07, 6.45) is 8.38. The molecule has 90 valence electrons. The molecule has 17 heavy (non-hydrogen) atoms. The van der Waals surface area contributed by atoms with Gasteiger partial charge < -0.3 is 4.74 Å². The van der Waals surface area contributed by atoms with Gasteiger partial charge in [-0.05, 0) is 6.42 Å². The van der Waals surface area contributed by atoms with Gasteiger partial charge in [0, 0.05) is 11.6 Å². The van der Waals surface area contributed by atoms with Crippen LogP contribution in [0.1, 0.15) is 6.42 Å². The minimum atomic E-state index is -0.381. The van der Waals surface area contributed by atoms with Crippen LogP contribution >= 0.6 is 0 Å². The molecule has 3 heteroatoms. The third-order valence-electron chi connectivity index (χ3n) is 1.35. The van der Waals surface area contributed by atoms with Crippen molar-refractivity contribution < 1.29 is 9.53 Å². The van der Waals surface area contributed by atoms with Gasteiger partial charge in [0.1, 0.15) is 6.61 Å². The summed E-state index contributed by atoms with van der Waals surface area (Å²) < 4.78 is 4.77. The molecule has 0 atom stereocenters. The molecule has 0 bridgehead atoms. The lowest BCUT2D eigenvalue weighted by molar-refractivity contribution is -0.137. The van der Waals surface area contributed by atoms with Gasteiger partial charge in [-0.1, -0.05) is 50.6 Å². The lowest BCUT2D eigenvalue weighted by Gasteiger charge is -2.01. The highest BCUT2D eigenvalue weighted by Crippen LogP contribution is 2.02. The van der Waals surface area contributed by atoms with Crippen molar-refractivity contribution in [2.45, 2.75) is 6.42 Å². The van der Waals surface area contributed by atoms with E-state index in [4.69, 9.17) is 10.00 Å². The van der Waals surface area contributed by atoms with Crippen molar-refractivity contribution in [1.82, 2.24) is 0 Å². The van der Waals surface area contributed by atoms with Crippen molar-refractivity contribution in [3.63, 3.8) is 0 Å². The summed E-state index contributed by atoms with van der Waals surface area (Å²) in [6, 6.07) is 1.69. The maximum Gasteiger partial charge on any atom is 0.334 e. The molecule has 0 saturated heterocycles. The summed E-state index contributed by atoms with van der Waals surface area (Å²) >= 11 is 0. The number of hydrogen-bond acceptors (Lipinski definition) is 3. The number of carbonyl (C=O) groups is 1. The molecule has 0 unspecified atom stereocenters. The molecule has 0 amide bonds. The molecule has 0 N–H and O–H groups in total. The molecule has 0 aromatic heterocycles. The fourth-order valence-electron chi connectivity index (χ4n) is 0.627. The first-order valence-electron chi connectivity index (χ1n) is 4.87. The standard InChI is InChI=1S/C11H14O2.C3H3N/c1-4-6-7-8-10(3)11(12)13-9-5-2;1-2-3-4/h4-7H,1-3,8-9H2;2H,1H2. The highest BCUT2D eigenvalue weighted by molar-refractivity contribution is 5.88. The van der Waals surface area contributed by atoms with Gasteiger partial charge in [0.2, 0.25) is 0 Å². The minimum absolute atomic E-state index is 0.225. The predicted octanol–water partition coefficient (Wildman–Crippen LogP) is 3.10. The second-order valence-corrected chi connectivity index (χ2v) is 2.69. The first-order valence-corrected chi connectivity index (χ1v) is 4.87. The monoisotopic (exact) mass is 231 g/mol. The Morgan fingerprint density at radius 1 is 1.35 bits per heavy atom. The summed E-state index contributed by atoms with van der Waals surface area (Å²) in [5.74, 6) is -0.381. The normalized spacial score (nSPS) is 8.18. The quantitative estimate of drug-likeness (QED) is 0.232. The Morgan fingerprint density at radius 3 is 2.35 bits per heavy atom. The van der Waals surface area contributed by atoms with E-state index >= 15 is 0 Å². The largest absolute Gasteiger partial charge is 0.458 e. The summed E-state index contributed by atoms with van der Waals surface area (Å²) in [7, 11) is 0. The molecule has 0 fully saturated rings. The first-order chi connectivity index (χ1) is 8.13. The lowest BCUT2D eigenvalue weighted by Crippen LogP contribution is -2.06. The van der Waals surface area contributed by atoms with Gasteiger partial charge in [-0.15, -0.1) is 0 Å². The minimum Gasteiger partial charge on any atom is -0.458 e. The zero-order chi connectivity index (χ0) is 13.5. The van der Waals surface area contributed by atoms with Crippen LogP contribution in [0, 0.1) is 11.3 Å². The molecule has 0 rings (SSSR count). The number of esters is 1. The van der Waals surface area contributed by atoms with Gasteiger partial charge in [0.05, 0.1) is 6.07 Å². The van der Waals surface area contributed by atoms with Gasteiger partial charge in [-0.25, -0.2) is 4.79 Å². The van der Waals surface area contributed by atoms with Crippen LogP contribution in [0.5, 0.6) is 0 Å². The van der Waals surface area contributed by atoms with E-state index in [-0.39, 0.29) is 12.6 Å². The highest BCUT2D eigenvalue weighted by atomic mass is 16.5. The zero-order valence-corrected chi connectivity index (χ0v) is 9.89. The van der Waals surface area contributed by atoms with E-state index in [0.29, 0.717) is 12.0 Å². The van der Waals surface area contributed by atoms with Crippen LogP contribution in [-0.2, 0) is 9.53 Å². The van der Waals surface area contributed by atoms with Crippen LogP contribution in [0.3, 0.4) is 0 Å². The van der Waals surface area contributed by atoms with E-state index in [1.54, 1.807) is 24.3 Å². The van der Waals surface area contributed by atoms with Crippen molar-refractivity contribution in [1.29, 1.82) is 5.26 Å². The molecule has 3 nitrogen and oxygen atoms in total. The molecule has 0 aliphatic heterocycles. The Hall–Kier alpha value is -2.34. The van der Waals surface area contributed by atoms with Crippen molar-refractivity contribution in [2.75, 3.05) is 6.61 Å². The number of nitriles is 1. The van der Waals surface area contributed by atoms with Gasteiger partial charge in [-0.2, -0.15) is 5.26 Å². The number of carbonyl (C=O) groups excluding carboxylic acids is 1. The number of rotatable bonds is 6. The van der Waals surface area contributed by atoms with Crippen LogP contribution in [0.4, 0.5) is 0 Å². The molecule has 0 aromatic rings. The molecule has 0 aliphatic rings. The second-order valence-electron chi connectivity index (χ2n) is 2.69. The number of hydrogen-bond donors (Lipinski definition) is 0. The van der Waals surface area contributed by atoms with Crippen LogP contribution in [0.25, 0.3) is 0 Å². The van der Waals surface area contributed by atoms with Crippen LogP contribution < -0.4 is 0 Å². The molecule has 0 aliphatic carbocycles. The number of allylic oxidation sites excluding steroid dienone is 4. The van der Waals surface area contributed by atoms with E-state index in [2.05, 4.69) is 26.3 Å². The predicted molar refractivity (Wildman–Crippen MR) is 70.1 cm³/mol. The molecule has 0 radical (unpaired) electrons. The van der Waals surface area contributed by atoms with Gasteiger partial charge >= 0.3 is 5.97 Å². The van der Waals surface area contributed by atoms with Crippen molar-refractivity contribution >= 4 is 5.97 Å². The van der Waals surface area contributed by atoms with E-state index in [9.17, 15) is 4.79 Å². The highest BCUT2D eigenvalue weighted by Gasteiger charge is 2.04. The Labute approximate surface area is 103 Å². The summed E-state index contributed by atoms with van der Waals surface area (Å²) in [5.41, 5.74) is 0.431. The molecule has 0 saturated carbocycles. The third-order valence-corrected chi connectivity index (χ3v) is 1.35. The summed E-state index contributed by atoms with van der Waals surface area (Å²) in [6.45, 7) is 13.9. The van der Waals surface area contributed by atoms with E-state index in [0.717, 1.165) is 0 Å². The van der Waals surface area contributed by atoms with Gasteiger partial charge in [0.15, 0.2) is 0 Å². The average Bonchev–Trinajstić information content (AvgIpc) is 2.36. The second kappa shape index (κ2) is 13.7. The van der Waals surface area contributed by atoms with Gasteiger partial charge in [-0.3, -0.25) is 0 Å². The van der Waals surface area contributed by atoms with Crippen molar-refractivity contribution in [3.8, 4) is 6.07 Å². The maximum atomic E-state index is 11.1. The number of nitrogens with zero attached hydrogens (tertiary/aromatic N) is 1. The molecule has 0 heterocycles. The molecule has 0 spiro atoms. The van der Waals surface area contributed by atoms with Crippen LogP contribution in [0.15, 0.2) is 62.3 Å². The van der Waals surface area contributed by atoms with Crippen molar-refractivity contribution in [3.05, 3.63) is 62.3 Å². The fraction of sp³-hybridized carbons (Fsp3) is 0.143. The first kappa shape index (κ1) is 17.1. The Morgan fingerprint density at radius 2 is 1.94 bits per heavy atom. The lowest BCUT2D eigenvalue weighted by atomic mass is 10.2. The van der Waals surface area contributed by atoms with E-state index < -0.39 is 0 Å². The Kier molecular flexibility index (Phi) is 13.7. The molecule has 0 aromatic carbocycles. The van der Waals surface area contributed by atoms with E-state index in [1.807, 2.05) is 0 Å². The van der Waals surface area contributed by atoms with Crippen LogP contribution in [0.2, 0.25) is 0 Å². The zero-order valence-electron chi connectivity index (χ0n) is 9.89. The van der Waals surface area contributed by atoms with Gasteiger partial charge in [0.25, 0.3) is 0 Å². The fourth-order valence-corrected chi connectivity index (χ4v) is 0.627. The average molecular weight is 231 g/mol. The smallest absolute Gasteiger partial charge is 0.334 e. The third kappa shape index (κ3) is 13.7. The maximum absolute atomic E-state index is 11.1. The topological polar surface area (TPSA) is 50.1 Å². The van der Waals surface area contributed by atoms with E-state index in [1.165, 1.54) is 12.2 Å². The summed E-state index contributed by atoms with van der Waals surface area (Å²) in [5, 5.41) is 7.51. The van der Waals surface area contributed by atoms with Crippen LogP contribution in [-0.4, -0.2) is 12.6 Å². The Balaban J connectivity index is 0. The summed E-state index contributed by atoms with van der Waals surface area (Å²) in [4.78, 5) is 11.1. The molecular formula is C14H17NO2.